The molecule has 0 amide bonds. The predicted octanol–water partition coefficient (Wildman–Crippen LogP) is 0.944. The van der Waals surface area contributed by atoms with Gasteiger partial charge in [-0.05, 0) is 13.3 Å². The van der Waals surface area contributed by atoms with E-state index in [4.69, 9.17) is 4.55 Å². The Morgan fingerprint density at radius 2 is 2.09 bits per heavy atom. The van der Waals surface area contributed by atoms with E-state index in [1.54, 1.807) is 6.92 Å². The topological polar surface area (TPSA) is 63.6 Å². The van der Waals surface area contributed by atoms with Gasteiger partial charge in [0.1, 0.15) is 12.3 Å². The van der Waals surface area contributed by atoms with Crippen molar-refractivity contribution in [1.82, 2.24) is 0 Å². The first-order valence-electron chi connectivity index (χ1n) is 3.07. The lowest BCUT2D eigenvalue weighted by Gasteiger charge is -2.21. The molecule has 0 saturated carbocycles. The highest BCUT2D eigenvalue weighted by Crippen LogP contribution is 2.17. The molecule has 0 heterocycles. The molecule has 4 nitrogen and oxygen atoms in total. The minimum absolute atomic E-state index is 0.170. The zero-order chi connectivity index (χ0) is 9.12. The number of rotatable bonds is 4. The first-order chi connectivity index (χ1) is 4.83. The summed E-state index contributed by atoms with van der Waals surface area (Å²) in [6, 6.07) is 0. The fourth-order valence-electron chi connectivity index (χ4n) is 0.430. The van der Waals surface area contributed by atoms with E-state index in [0.717, 1.165) is 0 Å². The Morgan fingerprint density at radius 3 is 2.18 bits per heavy atom. The SMILES string of the molecule is CCC(C)(CF)OS(=O)(=O)O. The van der Waals surface area contributed by atoms with Crippen molar-refractivity contribution < 1.29 is 21.5 Å². The molecule has 1 unspecified atom stereocenters. The monoisotopic (exact) mass is 186 g/mol. The van der Waals surface area contributed by atoms with E-state index in [2.05, 4.69) is 4.18 Å². The number of halogens is 1. The Bertz CT molecular complexity index is 207. The molecule has 1 atom stereocenters. The summed E-state index contributed by atoms with van der Waals surface area (Å²) in [7, 11) is -4.55. The van der Waals surface area contributed by atoms with E-state index >= 15 is 0 Å². The molecule has 0 aliphatic heterocycles. The molecule has 0 aromatic rings. The third-order valence-corrected chi connectivity index (χ3v) is 1.95. The second-order valence-corrected chi connectivity index (χ2v) is 3.47. The van der Waals surface area contributed by atoms with Crippen LogP contribution in [0.1, 0.15) is 20.3 Å². The van der Waals surface area contributed by atoms with E-state index < -0.39 is 22.7 Å². The van der Waals surface area contributed by atoms with Crippen molar-refractivity contribution in [3.63, 3.8) is 0 Å². The molecule has 1 N–H and O–H groups in total. The molecule has 0 spiro atoms. The van der Waals surface area contributed by atoms with Crippen LogP contribution in [0.2, 0.25) is 0 Å². The van der Waals surface area contributed by atoms with Crippen LogP contribution in [-0.2, 0) is 14.6 Å². The average Bonchev–Trinajstić information content (AvgIpc) is 1.84. The summed E-state index contributed by atoms with van der Waals surface area (Å²) in [6.07, 6.45) is 0.170. The largest absolute Gasteiger partial charge is 0.397 e. The van der Waals surface area contributed by atoms with Gasteiger partial charge in [-0.15, -0.1) is 0 Å². The summed E-state index contributed by atoms with van der Waals surface area (Å²) >= 11 is 0. The van der Waals surface area contributed by atoms with Crippen LogP contribution < -0.4 is 0 Å². The summed E-state index contributed by atoms with van der Waals surface area (Å²) in [6.45, 7) is 1.87. The van der Waals surface area contributed by atoms with Crippen molar-refractivity contribution in [3.8, 4) is 0 Å². The standard InChI is InChI=1S/C5H11FO4S/c1-3-5(2,4-6)10-11(7,8)9/h3-4H2,1-2H3,(H,7,8,9). The van der Waals surface area contributed by atoms with E-state index in [1.807, 2.05) is 0 Å². The van der Waals surface area contributed by atoms with Crippen molar-refractivity contribution in [2.75, 3.05) is 6.67 Å². The maximum Gasteiger partial charge on any atom is 0.397 e. The summed E-state index contributed by atoms with van der Waals surface area (Å²) in [5.74, 6) is 0. The molecule has 0 rings (SSSR count). The fraction of sp³-hybridized carbons (Fsp3) is 1.00. The molecule has 0 aromatic carbocycles. The number of alkyl halides is 1. The van der Waals surface area contributed by atoms with Gasteiger partial charge in [0.15, 0.2) is 0 Å². The molecule has 0 radical (unpaired) electrons. The highest BCUT2D eigenvalue weighted by molar-refractivity contribution is 7.80. The molecule has 11 heavy (non-hydrogen) atoms. The van der Waals surface area contributed by atoms with Gasteiger partial charge < -0.3 is 0 Å². The first-order valence-corrected chi connectivity index (χ1v) is 4.43. The van der Waals surface area contributed by atoms with Crippen molar-refractivity contribution in [2.45, 2.75) is 25.9 Å². The molecule has 6 heteroatoms. The van der Waals surface area contributed by atoms with Crippen molar-refractivity contribution in [2.24, 2.45) is 0 Å². The Balaban J connectivity index is 4.32. The Kier molecular flexibility index (Phi) is 3.40. The van der Waals surface area contributed by atoms with Crippen LogP contribution in [0.3, 0.4) is 0 Å². The molecular weight excluding hydrogens is 175 g/mol. The van der Waals surface area contributed by atoms with E-state index in [9.17, 15) is 12.8 Å². The van der Waals surface area contributed by atoms with Gasteiger partial charge in [-0.3, -0.25) is 4.55 Å². The lowest BCUT2D eigenvalue weighted by Crippen LogP contribution is -2.32. The zero-order valence-corrected chi connectivity index (χ0v) is 7.19. The maximum absolute atomic E-state index is 12.1. The maximum atomic E-state index is 12.1. The summed E-state index contributed by atoms with van der Waals surface area (Å²) < 4.78 is 44.6. The number of hydrogen-bond acceptors (Lipinski definition) is 3. The Morgan fingerprint density at radius 1 is 1.64 bits per heavy atom. The second kappa shape index (κ2) is 3.46. The van der Waals surface area contributed by atoms with Crippen LogP contribution in [0.5, 0.6) is 0 Å². The molecule has 0 bridgehead atoms. The van der Waals surface area contributed by atoms with Gasteiger partial charge in [0.25, 0.3) is 0 Å². The fourth-order valence-corrected chi connectivity index (χ4v) is 1.10. The number of hydrogen-bond donors (Lipinski definition) is 1. The van der Waals surface area contributed by atoms with Gasteiger partial charge in [0, 0.05) is 0 Å². The third-order valence-electron chi connectivity index (χ3n) is 1.34. The molecule has 0 aliphatic carbocycles. The van der Waals surface area contributed by atoms with Crippen molar-refractivity contribution >= 4 is 10.4 Å². The molecule has 0 aromatic heterocycles. The van der Waals surface area contributed by atoms with Gasteiger partial charge in [-0.25, -0.2) is 8.57 Å². The smallest absolute Gasteiger partial charge is 0.264 e. The molecule has 0 aliphatic rings. The second-order valence-electron chi connectivity index (χ2n) is 2.45. The van der Waals surface area contributed by atoms with Crippen LogP contribution in [0.15, 0.2) is 0 Å². The highest BCUT2D eigenvalue weighted by atomic mass is 32.3. The van der Waals surface area contributed by atoms with E-state index in [-0.39, 0.29) is 6.42 Å². The van der Waals surface area contributed by atoms with Gasteiger partial charge in [-0.1, -0.05) is 6.92 Å². The minimum Gasteiger partial charge on any atom is -0.264 e. The van der Waals surface area contributed by atoms with Crippen LogP contribution >= 0.6 is 0 Å². The molecular formula is C5H11FO4S. The van der Waals surface area contributed by atoms with Crippen LogP contribution in [0.25, 0.3) is 0 Å². The predicted molar refractivity (Wildman–Crippen MR) is 37.3 cm³/mol. The Hall–Kier alpha value is -0.200. The summed E-state index contributed by atoms with van der Waals surface area (Å²) in [5, 5.41) is 0. The molecule has 68 valence electrons. The van der Waals surface area contributed by atoms with Gasteiger partial charge >= 0.3 is 10.4 Å². The van der Waals surface area contributed by atoms with Gasteiger partial charge in [0.05, 0.1) is 0 Å². The van der Waals surface area contributed by atoms with Crippen molar-refractivity contribution in [3.05, 3.63) is 0 Å². The van der Waals surface area contributed by atoms with Gasteiger partial charge in [0.2, 0.25) is 0 Å². The van der Waals surface area contributed by atoms with Crippen LogP contribution in [0, 0.1) is 0 Å². The van der Waals surface area contributed by atoms with Crippen molar-refractivity contribution in [1.29, 1.82) is 0 Å². The van der Waals surface area contributed by atoms with Crippen LogP contribution in [-0.4, -0.2) is 25.2 Å². The lowest BCUT2D eigenvalue weighted by atomic mass is 10.1. The minimum atomic E-state index is -4.55. The first kappa shape index (κ1) is 10.8. The van der Waals surface area contributed by atoms with E-state index in [0.29, 0.717) is 0 Å². The highest BCUT2D eigenvalue weighted by Gasteiger charge is 2.28. The third kappa shape index (κ3) is 4.28. The normalized spacial score (nSPS) is 17.8. The summed E-state index contributed by atoms with van der Waals surface area (Å²) in [5.41, 5.74) is -1.44. The molecule has 0 fully saturated rings. The zero-order valence-electron chi connectivity index (χ0n) is 6.37. The average molecular weight is 186 g/mol. The van der Waals surface area contributed by atoms with Gasteiger partial charge in [-0.2, -0.15) is 8.42 Å². The lowest BCUT2D eigenvalue weighted by molar-refractivity contribution is 0.0504. The quantitative estimate of drug-likeness (QED) is 0.664. The Labute approximate surface area is 65.3 Å². The van der Waals surface area contributed by atoms with Crippen LogP contribution in [0.4, 0.5) is 4.39 Å². The summed E-state index contributed by atoms with van der Waals surface area (Å²) in [4.78, 5) is 0. The van der Waals surface area contributed by atoms with E-state index in [1.165, 1.54) is 6.92 Å². The molecule has 0 saturated heterocycles.